The molecule has 2 aromatic heterocycles. The topological polar surface area (TPSA) is 121 Å². The number of pyridine rings is 1. The minimum atomic E-state index is 0.257. The lowest BCUT2D eigenvalue weighted by Crippen LogP contribution is -2.13. The molecule has 0 fully saturated rings. The van der Waals surface area contributed by atoms with Crippen molar-refractivity contribution >= 4 is 11.7 Å². The molecule has 0 amide bonds. The van der Waals surface area contributed by atoms with Crippen LogP contribution < -0.4 is 11.5 Å². The fourth-order valence-corrected chi connectivity index (χ4v) is 2.43. The van der Waals surface area contributed by atoms with Crippen LogP contribution in [0.25, 0.3) is 22.8 Å². The predicted octanol–water partition coefficient (Wildman–Crippen LogP) is 2.54. The van der Waals surface area contributed by atoms with E-state index in [0.717, 1.165) is 11.1 Å². The third-order valence-electron chi connectivity index (χ3n) is 3.76. The maximum atomic E-state index is 5.92. The molecule has 4 N–H and O–H groups in total. The largest absolute Gasteiger partial charge is 0.454 e. The van der Waals surface area contributed by atoms with Crippen LogP contribution in [0, 0.1) is 0 Å². The van der Waals surface area contributed by atoms with E-state index >= 15 is 0 Å². The van der Waals surface area contributed by atoms with Crippen molar-refractivity contribution in [2.75, 3.05) is 14.2 Å². The Morgan fingerprint density at radius 1 is 0.815 bits per heavy atom. The highest BCUT2D eigenvalue weighted by Crippen LogP contribution is 2.27. The Morgan fingerprint density at radius 3 is 2.00 bits per heavy atom. The summed E-state index contributed by atoms with van der Waals surface area (Å²) in [5.41, 5.74) is 14.6. The van der Waals surface area contributed by atoms with Gasteiger partial charge in [0.15, 0.2) is 17.4 Å². The highest BCUT2D eigenvalue weighted by Gasteiger charge is 2.09. The second-order valence-electron chi connectivity index (χ2n) is 5.49. The van der Waals surface area contributed by atoms with Crippen LogP contribution in [0.4, 0.5) is 0 Å². The van der Waals surface area contributed by atoms with Gasteiger partial charge in [0.05, 0.1) is 0 Å². The van der Waals surface area contributed by atoms with Crippen molar-refractivity contribution in [3.8, 4) is 22.8 Å². The van der Waals surface area contributed by atoms with Crippen LogP contribution in [0.2, 0.25) is 0 Å². The van der Waals surface area contributed by atoms with E-state index in [9.17, 15) is 0 Å². The Bertz CT molecular complexity index is 882. The van der Waals surface area contributed by atoms with E-state index in [-0.39, 0.29) is 5.84 Å². The summed E-state index contributed by atoms with van der Waals surface area (Å²) in [4.78, 5) is 13.7. The number of benzene rings is 1. The Balaban J connectivity index is 1.80. The second-order valence-corrected chi connectivity index (χ2v) is 5.49. The molecule has 0 unspecified atom stereocenters. The van der Waals surface area contributed by atoms with E-state index in [1.165, 1.54) is 14.2 Å². The van der Waals surface area contributed by atoms with E-state index in [4.69, 9.17) is 15.9 Å². The van der Waals surface area contributed by atoms with Crippen LogP contribution in [0.15, 0.2) is 69.5 Å². The summed E-state index contributed by atoms with van der Waals surface area (Å²) in [7, 11) is 2.88. The van der Waals surface area contributed by atoms with Crippen molar-refractivity contribution in [1.29, 1.82) is 0 Å². The molecule has 0 aliphatic heterocycles. The Kier molecular flexibility index (Phi) is 5.36. The van der Waals surface area contributed by atoms with Gasteiger partial charge in [-0.1, -0.05) is 34.6 Å². The van der Waals surface area contributed by atoms with Gasteiger partial charge in [-0.2, -0.15) is 0 Å². The third-order valence-corrected chi connectivity index (χ3v) is 3.76. The van der Waals surface area contributed by atoms with Gasteiger partial charge in [0.1, 0.15) is 25.7 Å². The zero-order valence-corrected chi connectivity index (χ0v) is 14.9. The first-order valence-corrected chi connectivity index (χ1v) is 8.03. The first-order chi connectivity index (χ1) is 13.1. The van der Waals surface area contributed by atoms with Crippen LogP contribution in [0.1, 0.15) is 11.1 Å². The molecule has 8 heteroatoms. The van der Waals surface area contributed by atoms with Gasteiger partial charge in [0, 0.05) is 22.9 Å². The molecule has 2 heterocycles. The van der Waals surface area contributed by atoms with Gasteiger partial charge in [-0.25, -0.2) is 0 Å². The molecule has 8 nitrogen and oxygen atoms in total. The molecular formula is C19H19N5O3. The summed E-state index contributed by atoms with van der Waals surface area (Å²) >= 11 is 0. The zero-order valence-electron chi connectivity index (χ0n) is 14.9. The number of hydrogen-bond acceptors (Lipinski definition) is 6. The van der Waals surface area contributed by atoms with Crippen molar-refractivity contribution in [2.45, 2.75) is 0 Å². The van der Waals surface area contributed by atoms with E-state index in [1.807, 2.05) is 36.4 Å². The van der Waals surface area contributed by atoms with Gasteiger partial charge in [-0.15, -0.1) is 0 Å². The van der Waals surface area contributed by atoms with Crippen LogP contribution in [0.5, 0.6) is 0 Å². The molecule has 1 aromatic carbocycles. The monoisotopic (exact) mass is 365 g/mol. The van der Waals surface area contributed by atoms with Gasteiger partial charge >= 0.3 is 0 Å². The number of hydrogen-bond donors (Lipinski definition) is 2. The summed E-state index contributed by atoms with van der Waals surface area (Å²) in [5, 5.41) is 7.39. The Morgan fingerprint density at radius 2 is 1.41 bits per heavy atom. The predicted molar refractivity (Wildman–Crippen MR) is 103 cm³/mol. The average molecular weight is 365 g/mol. The highest BCUT2D eigenvalue weighted by atomic mass is 16.6. The fraction of sp³-hybridized carbons (Fsp3) is 0.105. The second kappa shape index (κ2) is 8.05. The molecule has 0 radical (unpaired) electrons. The number of furan rings is 1. The highest BCUT2D eigenvalue weighted by molar-refractivity contribution is 5.97. The Hall–Kier alpha value is -3.81. The Labute approximate surface area is 156 Å². The summed E-state index contributed by atoms with van der Waals surface area (Å²) in [6, 6.07) is 14.8. The standard InChI is InChI=1S/C19H19N5O3/c1-25-23-18(20)13-5-3-12(4-6-13)16-9-10-17(27-16)15-8-7-14(11-22-15)19(21)24-26-2/h3-11H,1-2H3,(H2,20,23)(H2,21,24). The number of aromatic nitrogens is 1. The van der Waals surface area contributed by atoms with Crippen molar-refractivity contribution in [1.82, 2.24) is 4.98 Å². The maximum absolute atomic E-state index is 5.92. The third kappa shape index (κ3) is 4.06. The summed E-state index contributed by atoms with van der Waals surface area (Å²) < 4.78 is 5.92. The summed E-state index contributed by atoms with van der Waals surface area (Å²) in [6.07, 6.45) is 1.61. The smallest absolute Gasteiger partial charge is 0.171 e. The quantitative estimate of drug-likeness (QED) is 0.393. The minimum Gasteiger partial charge on any atom is -0.454 e. The van der Waals surface area contributed by atoms with Crippen LogP contribution in [-0.2, 0) is 9.68 Å². The van der Waals surface area contributed by atoms with Crippen molar-refractivity contribution in [3.05, 3.63) is 65.9 Å². The summed E-state index contributed by atoms with van der Waals surface area (Å²) in [6.45, 7) is 0. The number of rotatable bonds is 6. The zero-order chi connectivity index (χ0) is 19.2. The molecule has 3 aromatic rings. The van der Waals surface area contributed by atoms with Crippen LogP contribution in [0.3, 0.4) is 0 Å². The van der Waals surface area contributed by atoms with Gasteiger partial charge in [0.25, 0.3) is 0 Å². The lowest BCUT2D eigenvalue weighted by molar-refractivity contribution is 0.213. The van der Waals surface area contributed by atoms with Crippen LogP contribution in [-0.4, -0.2) is 30.9 Å². The molecular weight excluding hydrogens is 346 g/mol. The number of amidine groups is 2. The number of nitrogens with zero attached hydrogens (tertiary/aromatic N) is 3. The fourth-order valence-electron chi connectivity index (χ4n) is 2.43. The molecule has 0 aliphatic rings. The number of nitrogens with two attached hydrogens (primary N) is 2. The molecule has 0 bridgehead atoms. The van der Waals surface area contributed by atoms with Gasteiger partial charge in [0.2, 0.25) is 0 Å². The molecule has 0 atom stereocenters. The normalized spacial score (nSPS) is 12.1. The maximum Gasteiger partial charge on any atom is 0.171 e. The summed E-state index contributed by atoms with van der Waals surface area (Å²) in [5.74, 6) is 1.92. The van der Waals surface area contributed by atoms with E-state index in [2.05, 4.69) is 25.0 Å². The van der Waals surface area contributed by atoms with E-state index < -0.39 is 0 Å². The minimum absolute atomic E-state index is 0.257. The molecule has 0 aliphatic carbocycles. The molecule has 138 valence electrons. The molecule has 3 rings (SSSR count). The first-order valence-electron chi connectivity index (χ1n) is 8.03. The van der Waals surface area contributed by atoms with Crippen molar-refractivity contribution in [3.63, 3.8) is 0 Å². The molecule has 0 saturated heterocycles. The lowest BCUT2D eigenvalue weighted by atomic mass is 10.1. The molecule has 0 saturated carbocycles. The lowest BCUT2D eigenvalue weighted by Gasteiger charge is -2.02. The van der Waals surface area contributed by atoms with Crippen molar-refractivity contribution < 1.29 is 14.1 Å². The van der Waals surface area contributed by atoms with Gasteiger partial charge in [-0.3, -0.25) is 4.98 Å². The van der Waals surface area contributed by atoms with E-state index in [1.54, 1.807) is 18.3 Å². The molecule has 0 spiro atoms. The number of oxime groups is 2. The van der Waals surface area contributed by atoms with Crippen LogP contribution >= 0.6 is 0 Å². The van der Waals surface area contributed by atoms with E-state index in [0.29, 0.717) is 28.6 Å². The molecule has 27 heavy (non-hydrogen) atoms. The van der Waals surface area contributed by atoms with Crippen molar-refractivity contribution in [2.24, 2.45) is 21.8 Å². The SMILES string of the molecule is CO/N=C(/N)c1ccc(-c2ccc(-c3ccc(/C(N)=N\OC)cn3)o2)cc1. The van der Waals surface area contributed by atoms with Gasteiger partial charge < -0.3 is 25.6 Å². The first kappa shape index (κ1) is 18.0. The van der Waals surface area contributed by atoms with Gasteiger partial charge in [-0.05, 0) is 24.3 Å². The average Bonchev–Trinajstić information content (AvgIpc) is 3.19.